The van der Waals surface area contributed by atoms with Gasteiger partial charge in [0.2, 0.25) is 0 Å². The Bertz CT molecular complexity index is 938. The Labute approximate surface area is 162 Å². The molecule has 0 fully saturated rings. The molecule has 4 rings (SSSR count). The van der Waals surface area contributed by atoms with Gasteiger partial charge in [-0.1, -0.05) is 54.6 Å². The Morgan fingerprint density at radius 1 is 1.14 bits per heavy atom. The fourth-order valence-electron chi connectivity index (χ4n) is 3.25. The van der Waals surface area contributed by atoms with Gasteiger partial charge in [-0.2, -0.15) is 0 Å². The first-order chi connectivity index (χ1) is 13.7. The summed E-state index contributed by atoms with van der Waals surface area (Å²) in [5.41, 5.74) is 3.50. The van der Waals surface area contributed by atoms with Crippen molar-refractivity contribution in [2.45, 2.75) is 32.1 Å². The Morgan fingerprint density at radius 2 is 1.89 bits per heavy atom. The third-order valence-electron chi connectivity index (χ3n) is 4.79. The second-order valence-corrected chi connectivity index (χ2v) is 6.76. The van der Waals surface area contributed by atoms with E-state index in [1.54, 1.807) is 4.57 Å². The van der Waals surface area contributed by atoms with Gasteiger partial charge >= 0.3 is 11.8 Å². The van der Waals surface area contributed by atoms with Crippen molar-refractivity contribution in [3.05, 3.63) is 76.5 Å². The Morgan fingerprint density at radius 3 is 2.64 bits per heavy atom. The standard InChI is InChI=1S/C21H21N3O4/c25-24(26)20-14-23-12-10-19(28-21(23)22-20)11-13-27-15-16-6-8-18(9-7-16)17-4-2-1-3-5-17/h1-9,14,19H,10-13,15H2/t19-/m1/s1. The molecule has 2 heterocycles. The van der Waals surface area contributed by atoms with E-state index < -0.39 is 4.92 Å². The first-order valence-corrected chi connectivity index (χ1v) is 9.29. The zero-order valence-electron chi connectivity index (χ0n) is 15.4. The summed E-state index contributed by atoms with van der Waals surface area (Å²) in [4.78, 5) is 14.2. The summed E-state index contributed by atoms with van der Waals surface area (Å²) in [5, 5.41) is 10.8. The number of nitro groups is 1. The van der Waals surface area contributed by atoms with Crippen LogP contribution in [0.25, 0.3) is 11.1 Å². The van der Waals surface area contributed by atoms with Crippen molar-refractivity contribution >= 4 is 5.82 Å². The SMILES string of the molecule is O=[N+]([O-])c1cn2c(n1)O[C@@H](CCOCc1ccc(-c3ccccc3)cc1)CC2. The van der Waals surface area contributed by atoms with Crippen LogP contribution in [0.4, 0.5) is 5.82 Å². The molecule has 1 aromatic heterocycles. The summed E-state index contributed by atoms with van der Waals surface area (Å²) in [6, 6.07) is 18.9. The lowest BCUT2D eigenvalue weighted by Gasteiger charge is -2.21. The number of rotatable bonds is 7. The van der Waals surface area contributed by atoms with E-state index in [1.807, 2.05) is 18.2 Å². The second kappa shape index (κ2) is 8.22. The van der Waals surface area contributed by atoms with Crippen LogP contribution in [0.15, 0.2) is 60.8 Å². The van der Waals surface area contributed by atoms with Gasteiger partial charge < -0.3 is 19.6 Å². The van der Waals surface area contributed by atoms with Crippen LogP contribution in [0.1, 0.15) is 18.4 Å². The maximum Gasteiger partial charge on any atom is 0.414 e. The topological polar surface area (TPSA) is 79.4 Å². The van der Waals surface area contributed by atoms with E-state index in [2.05, 4.69) is 41.4 Å². The number of fused-ring (bicyclic) bond motifs is 1. The number of ether oxygens (including phenoxy) is 2. The van der Waals surface area contributed by atoms with Crippen molar-refractivity contribution in [1.82, 2.24) is 9.55 Å². The smallest absolute Gasteiger partial charge is 0.414 e. The van der Waals surface area contributed by atoms with Gasteiger partial charge in [0.1, 0.15) is 12.3 Å². The van der Waals surface area contributed by atoms with E-state index in [-0.39, 0.29) is 11.9 Å². The molecule has 3 aromatic rings. The third kappa shape index (κ3) is 4.20. The van der Waals surface area contributed by atoms with Crippen molar-refractivity contribution in [3.8, 4) is 17.1 Å². The molecule has 0 N–H and O–H groups in total. The van der Waals surface area contributed by atoms with Crippen LogP contribution < -0.4 is 4.74 Å². The minimum atomic E-state index is -0.504. The van der Waals surface area contributed by atoms with Gasteiger partial charge in [0.15, 0.2) is 0 Å². The predicted octanol–water partition coefficient (Wildman–Crippen LogP) is 4.22. The number of aromatic nitrogens is 2. The highest BCUT2D eigenvalue weighted by Gasteiger charge is 2.27. The molecule has 0 unspecified atom stereocenters. The molecule has 0 saturated carbocycles. The fraction of sp³-hybridized carbons (Fsp3) is 0.286. The van der Waals surface area contributed by atoms with Crippen molar-refractivity contribution in [3.63, 3.8) is 0 Å². The van der Waals surface area contributed by atoms with Gasteiger partial charge in [0.05, 0.1) is 13.2 Å². The summed E-state index contributed by atoms with van der Waals surface area (Å²) in [6.45, 7) is 1.78. The van der Waals surface area contributed by atoms with Crippen LogP contribution in [0.3, 0.4) is 0 Å². The molecular weight excluding hydrogens is 358 g/mol. The zero-order valence-corrected chi connectivity index (χ0v) is 15.4. The number of imidazole rings is 1. The van der Waals surface area contributed by atoms with Crippen molar-refractivity contribution in [1.29, 1.82) is 0 Å². The molecule has 7 heteroatoms. The van der Waals surface area contributed by atoms with E-state index in [9.17, 15) is 10.1 Å². The maximum atomic E-state index is 10.8. The molecule has 0 saturated heterocycles. The van der Waals surface area contributed by atoms with Crippen LogP contribution in [0, 0.1) is 10.1 Å². The van der Waals surface area contributed by atoms with Crippen molar-refractivity contribution in [2.24, 2.45) is 0 Å². The van der Waals surface area contributed by atoms with Crippen molar-refractivity contribution in [2.75, 3.05) is 6.61 Å². The van der Waals surface area contributed by atoms with Crippen LogP contribution in [-0.2, 0) is 17.9 Å². The van der Waals surface area contributed by atoms with Crippen LogP contribution in [0.5, 0.6) is 6.01 Å². The lowest BCUT2D eigenvalue weighted by atomic mass is 10.0. The van der Waals surface area contributed by atoms with Crippen LogP contribution >= 0.6 is 0 Å². The fourth-order valence-corrected chi connectivity index (χ4v) is 3.25. The average molecular weight is 379 g/mol. The van der Waals surface area contributed by atoms with Gasteiger partial charge in [-0.3, -0.25) is 4.57 Å². The monoisotopic (exact) mass is 379 g/mol. The highest BCUT2D eigenvalue weighted by molar-refractivity contribution is 5.63. The maximum absolute atomic E-state index is 10.8. The number of nitrogens with zero attached hydrogens (tertiary/aromatic N) is 3. The normalized spacial score (nSPS) is 15.6. The number of hydrogen-bond donors (Lipinski definition) is 0. The van der Waals surface area contributed by atoms with E-state index in [4.69, 9.17) is 9.47 Å². The molecular formula is C21H21N3O4. The largest absolute Gasteiger partial charge is 0.442 e. The third-order valence-corrected chi connectivity index (χ3v) is 4.79. The van der Waals surface area contributed by atoms with Gasteiger partial charge in [-0.05, 0) is 21.6 Å². The molecule has 2 aromatic carbocycles. The van der Waals surface area contributed by atoms with Crippen LogP contribution in [0.2, 0.25) is 0 Å². The Balaban J connectivity index is 1.23. The second-order valence-electron chi connectivity index (χ2n) is 6.76. The molecule has 1 aliphatic heterocycles. The molecule has 0 radical (unpaired) electrons. The summed E-state index contributed by atoms with van der Waals surface area (Å²) in [7, 11) is 0. The lowest BCUT2D eigenvalue weighted by molar-refractivity contribution is -0.389. The first-order valence-electron chi connectivity index (χ1n) is 9.29. The minimum absolute atomic E-state index is 0.0324. The molecule has 0 spiro atoms. The van der Waals surface area contributed by atoms with Gasteiger partial charge in [-0.25, -0.2) is 0 Å². The number of benzene rings is 2. The Kier molecular flexibility index (Phi) is 5.34. The Hall–Kier alpha value is -3.19. The van der Waals surface area contributed by atoms with E-state index >= 15 is 0 Å². The van der Waals surface area contributed by atoms with E-state index in [0.717, 1.165) is 18.4 Å². The molecule has 28 heavy (non-hydrogen) atoms. The van der Waals surface area contributed by atoms with Crippen LogP contribution in [-0.4, -0.2) is 27.2 Å². The molecule has 0 aliphatic carbocycles. The summed E-state index contributed by atoms with van der Waals surface area (Å²) < 4.78 is 13.2. The van der Waals surface area contributed by atoms with Gasteiger partial charge in [-0.15, -0.1) is 0 Å². The molecule has 1 atom stereocenters. The highest BCUT2D eigenvalue weighted by atomic mass is 16.6. The summed E-state index contributed by atoms with van der Waals surface area (Å²) in [5.74, 6) is -0.175. The first kappa shape index (κ1) is 18.2. The molecule has 0 amide bonds. The average Bonchev–Trinajstić information content (AvgIpc) is 3.16. The lowest BCUT2D eigenvalue weighted by Crippen LogP contribution is -2.27. The molecule has 144 valence electrons. The van der Waals surface area contributed by atoms with E-state index in [0.29, 0.717) is 25.8 Å². The van der Waals surface area contributed by atoms with Gasteiger partial charge in [0.25, 0.3) is 0 Å². The van der Waals surface area contributed by atoms with Gasteiger partial charge in [0, 0.05) is 24.4 Å². The minimum Gasteiger partial charge on any atom is -0.442 e. The number of hydrogen-bond acceptors (Lipinski definition) is 5. The highest BCUT2D eigenvalue weighted by Crippen LogP contribution is 2.25. The number of aryl methyl sites for hydroxylation is 1. The molecule has 0 bridgehead atoms. The van der Waals surface area contributed by atoms with Crippen molar-refractivity contribution < 1.29 is 14.4 Å². The summed E-state index contributed by atoms with van der Waals surface area (Å²) in [6.07, 6.45) is 2.90. The van der Waals surface area contributed by atoms with E-state index in [1.165, 1.54) is 17.3 Å². The molecule has 7 nitrogen and oxygen atoms in total. The quantitative estimate of drug-likeness (QED) is 0.349. The zero-order chi connectivity index (χ0) is 19.3. The summed E-state index contributed by atoms with van der Waals surface area (Å²) >= 11 is 0. The molecule has 1 aliphatic rings. The predicted molar refractivity (Wildman–Crippen MR) is 104 cm³/mol.